The van der Waals surface area contributed by atoms with Crippen LogP contribution in [0.5, 0.6) is 5.75 Å². The number of phenols is 1. The molecule has 166 valence electrons. The van der Waals surface area contributed by atoms with Gasteiger partial charge in [0.25, 0.3) is 5.69 Å². The second-order valence-electron chi connectivity index (χ2n) is 9.68. The average molecular weight is 426 g/mol. The Kier molecular flexibility index (Phi) is 7.21. The summed E-state index contributed by atoms with van der Waals surface area (Å²) in [5.41, 5.74) is 5.19. The molecule has 0 bridgehead atoms. The topological polar surface area (TPSA) is 105 Å². The average Bonchev–Trinajstić information content (AvgIpc) is 2.65. The minimum atomic E-state index is -0.481. The summed E-state index contributed by atoms with van der Waals surface area (Å²) in [7, 11) is 0. The van der Waals surface area contributed by atoms with Crippen molar-refractivity contribution in [3.05, 3.63) is 68.8 Å². The summed E-state index contributed by atoms with van der Waals surface area (Å²) in [6.07, 6.45) is 2.11. The number of aryl methyl sites for hydroxylation is 1. The van der Waals surface area contributed by atoms with Gasteiger partial charge in [-0.05, 0) is 33.9 Å². The monoisotopic (exact) mass is 425 g/mol. The lowest BCUT2D eigenvalue weighted by molar-refractivity contribution is -0.384. The number of aromatic hydroxyl groups is 1. The molecule has 0 fully saturated rings. The molecule has 0 atom stereocenters. The van der Waals surface area contributed by atoms with E-state index in [2.05, 4.69) is 10.5 Å². The van der Waals surface area contributed by atoms with Crippen molar-refractivity contribution >= 4 is 17.8 Å². The van der Waals surface area contributed by atoms with Crippen LogP contribution in [0, 0.1) is 10.1 Å². The van der Waals surface area contributed by atoms with E-state index >= 15 is 0 Å². The number of benzene rings is 2. The number of nitro groups is 1. The maximum atomic E-state index is 12.2. The van der Waals surface area contributed by atoms with Gasteiger partial charge in [-0.2, -0.15) is 5.10 Å². The second kappa shape index (κ2) is 9.29. The van der Waals surface area contributed by atoms with Gasteiger partial charge in [0.15, 0.2) is 0 Å². The number of rotatable bonds is 6. The highest BCUT2D eigenvalue weighted by molar-refractivity contribution is 5.83. The third kappa shape index (κ3) is 6.64. The van der Waals surface area contributed by atoms with Crippen LogP contribution in [0.3, 0.4) is 0 Å². The number of phenolic OH excluding ortho intramolecular Hbond substituents is 1. The Morgan fingerprint density at radius 3 is 2.19 bits per heavy atom. The van der Waals surface area contributed by atoms with Gasteiger partial charge in [0.1, 0.15) is 5.75 Å². The van der Waals surface area contributed by atoms with Gasteiger partial charge in [-0.25, -0.2) is 5.43 Å². The lowest BCUT2D eigenvalue weighted by Crippen LogP contribution is -2.20. The zero-order valence-corrected chi connectivity index (χ0v) is 19.0. The maximum Gasteiger partial charge on any atom is 0.270 e. The highest BCUT2D eigenvalue weighted by atomic mass is 16.6. The van der Waals surface area contributed by atoms with Crippen molar-refractivity contribution in [3.8, 4) is 5.75 Å². The van der Waals surface area contributed by atoms with Crippen LogP contribution in [0.2, 0.25) is 0 Å². The number of nitro benzene ring substituents is 1. The van der Waals surface area contributed by atoms with E-state index in [-0.39, 0.29) is 28.8 Å². The third-order valence-electron chi connectivity index (χ3n) is 4.91. The van der Waals surface area contributed by atoms with Crippen molar-refractivity contribution in [2.24, 2.45) is 5.10 Å². The first-order chi connectivity index (χ1) is 14.3. The third-order valence-corrected chi connectivity index (χ3v) is 4.91. The van der Waals surface area contributed by atoms with Gasteiger partial charge in [-0.3, -0.25) is 14.9 Å². The molecule has 0 aliphatic rings. The van der Waals surface area contributed by atoms with E-state index in [0.29, 0.717) is 17.7 Å². The molecule has 0 heterocycles. The van der Waals surface area contributed by atoms with Crippen LogP contribution >= 0.6 is 0 Å². The Balaban J connectivity index is 2.09. The molecule has 0 aliphatic carbocycles. The smallest absolute Gasteiger partial charge is 0.270 e. The zero-order valence-electron chi connectivity index (χ0n) is 19.0. The number of hydrogen-bond donors (Lipinski definition) is 2. The molecule has 2 rings (SSSR count). The van der Waals surface area contributed by atoms with Crippen LogP contribution in [0.15, 0.2) is 41.5 Å². The molecule has 31 heavy (non-hydrogen) atoms. The maximum absolute atomic E-state index is 12.2. The Bertz CT molecular complexity index is 964. The molecule has 2 aromatic carbocycles. The van der Waals surface area contributed by atoms with Crippen molar-refractivity contribution < 1.29 is 14.8 Å². The molecule has 0 unspecified atom stereocenters. The quantitative estimate of drug-likeness (QED) is 0.387. The van der Waals surface area contributed by atoms with E-state index in [0.717, 1.165) is 16.7 Å². The van der Waals surface area contributed by atoms with Crippen LogP contribution in [-0.4, -0.2) is 22.2 Å². The van der Waals surface area contributed by atoms with Crippen molar-refractivity contribution in [1.82, 2.24) is 5.43 Å². The SMILES string of the molecule is CC(C)(C)c1cc(CCC(=O)NN=Cc2cccc([N+](=O)[O-])c2)cc(C(C)(C)C)c1O. The molecule has 0 aliphatic heterocycles. The number of hydrazone groups is 1. The zero-order chi connectivity index (χ0) is 23.4. The Hall–Kier alpha value is -3.22. The number of carbonyl (C=O) groups excluding carboxylic acids is 1. The van der Waals surface area contributed by atoms with Gasteiger partial charge >= 0.3 is 0 Å². The Labute approximate surface area is 183 Å². The van der Waals surface area contributed by atoms with Gasteiger partial charge in [-0.1, -0.05) is 65.8 Å². The highest BCUT2D eigenvalue weighted by Crippen LogP contribution is 2.39. The molecule has 1 amide bonds. The fourth-order valence-electron chi connectivity index (χ4n) is 3.19. The molecule has 2 aromatic rings. The molecule has 0 aromatic heterocycles. The molecule has 0 saturated carbocycles. The molecular weight excluding hydrogens is 394 g/mol. The van der Waals surface area contributed by atoms with Gasteiger partial charge in [0, 0.05) is 24.1 Å². The van der Waals surface area contributed by atoms with Crippen LogP contribution in [0.4, 0.5) is 5.69 Å². The minimum Gasteiger partial charge on any atom is -0.507 e. The van der Waals surface area contributed by atoms with Crippen LogP contribution in [0.1, 0.15) is 70.2 Å². The number of amides is 1. The van der Waals surface area contributed by atoms with Crippen LogP contribution in [0.25, 0.3) is 0 Å². The van der Waals surface area contributed by atoms with E-state index in [1.807, 2.05) is 53.7 Å². The first-order valence-electron chi connectivity index (χ1n) is 10.2. The predicted molar refractivity (Wildman–Crippen MR) is 123 cm³/mol. The number of nitrogens with zero attached hydrogens (tertiary/aromatic N) is 2. The fraction of sp³-hybridized carbons (Fsp3) is 0.417. The molecule has 7 nitrogen and oxygen atoms in total. The van der Waals surface area contributed by atoms with Crippen molar-refractivity contribution in [2.45, 2.75) is 65.2 Å². The summed E-state index contributed by atoms with van der Waals surface area (Å²) in [4.78, 5) is 22.6. The second-order valence-corrected chi connectivity index (χ2v) is 9.68. The van der Waals surface area contributed by atoms with E-state index in [9.17, 15) is 20.0 Å². The first-order valence-corrected chi connectivity index (χ1v) is 10.2. The van der Waals surface area contributed by atoms with E-state index in [1.54, 1.807) is 12.1 Å². The van der Waals surface area contributed by atoms with Crippen LogP contribution < -0.4 is 5.43 Å². The van der Waals surface area contributed by atoms with Crippen molar-refractivity contribution in [2.75, 3.05) is 0 Å². The standard InChI is InChI=1S/C24H31N3O4/c1-23(2,3)19-13-16(14-20(22(19)29)24(4,5)6)10-11-21(28)26-25-15-17-8-7-9-18(12-17)27(30)31/h7-9,12-15,29H,10-11H2,1-6H3,(H,26,28). The Morgan fingerprint density at radius 2 is 1.68 bits per heavy atom. The van der Waals surface area contributed by atoms with E-state index in [1.165, 1.54) is 18.3 Å². The summed E-state index contributed by atoms with van der Waals surface area (Å²) in [5.74, 6) is 0.0547. The lowest BCUT2D eigenvalue weighted by atomic mass is 9.78. The largest absolute Gasteiger partial charge is 0.507 e. The molecule has 7 heteroatoms. The molecular formula is C24H31N3O4. The normalized spacial score (nSPS) is 12.2. The highest BCUT2D eigenvalue weighted by Gasteiger charge is 2.26. The van der Waals surface area contributed by atoms with E-state index < -0.39 is 4.92 Å². The summed E-state index contributed by atoms with van der Waals surface area (Å²) in [6, 6.07) is 9.93. The molecule has 0 radical (unpaired) electrons. The number of non-ortho nitro benzene ring substituents is 1. The minimum absolute atomic E-state index is 0.0353. The fourth-order valence-corrected chi connectivity index (χ4v) is 3.19. The molecule has 2 N–H and O–H groups in total. The summed E-state index contributed by atoms with van der Waals surface area (Å²) in [5, 5.41) is 25.5. The van der Waals surface area contributed by atoms with E-state index in [4.69, 9.17) is 0 Å². The van der Waals surface area contributed by atoms with Crippen LogP contribution in [-0.2, 0) is 22.0 Å². The first kappa shape index (κ1) is 24.1. The number of nitrogens with one attached hydrogen (secondary N) is 1. The summed E-state index contributed by atoms with van der Waals surface area (Å²) >= 11 is 0. The lowest BCUT2D eigenvalue weighted by Gasteiger charge is -2.28. The van der Waals surface area contributed by atoms with Gasteiger partial charge in [0.2, 0.25) is 5.91 Å². The van der Waals surface area contributed by atoms with Gasteiger partial charge < -0.3 is 5.11 Å². The van der Waals surface area contributed by atoms with Gasteiger partial charge in [-0.15, -0.1) is 0 Å². The predicted octanol–water partition coefficient (Wildman–Crippen LogP) is 4.98. The van der Waals surface area contributed by atoms with Crippen molar-refractivity contribution in [3.63, 3.8) is 0 Å². The van der Waals surface area contributed by atoms with Gasteiger partial charge in [0.05, 0.1) is 11.1 Å². The summed E-state index contributed by atoms with van der Waals surface area (Å²) < 4.78 is 0. The summed E-state index contributed by atoms with van der Waals surface area (Å²) in [6.45, 7) is 12.3. The number of hydrogen-bond acceptors (Lipinski definition) is 5. The Morgan fingerprint density at radius 1 is 1.10 bits per heavy atom. The number of carbonyl (C=O) groups is 1. The molecule has 0 saturated heterocycles. The van der Waals surface area contributed by atoms with Crippen molar-refractivity contribution in [1.29, 1.82) is 0 Å². The molecule has 0 spiro atoms.